The molecule has 0 saturated heterocycles. The van der Waals surface area contributed by atoms with Gasteiger partial charge in [0.15, 0.2) is 0 Å². The first-order valence-corrected chi connectivity index (χ1v) is 3.36. The molecule has 0 fully saturated rings. The average molecular weight is 138 g/mol. The maximum absolute atomic E-state index is 3.98. The second-order valence-electron chi connectivity index (χ2n) is 1.74. The number of fused-ring (bicyclic) bond motifs is 1. The third-order valence-corrected chi connectivity index (χ3v) is 1.98. The molecule has 0 amide bonds. The molecule has 1 radical (unpaired) electrons. The van der Waals surface area contributed by atoms with Gasteiger partial charge < -0.3 is 0 Å². The van der Waals surface area contributed by atoms with Crippen molar-refractivity contribution in [1.29, 1.82) is 0 Å². The van der Waals surface area contributed by atoms with E-state index in [9.17, 15) is 0 Å². The van der Waals surface area contributed by atoms with Crippen LogP contribution in [0.4, 0.5) is 0 Å². The number of thiazole rings is 1. The van der Waals surface area contributed by atoms with Crippen LogP contribution in [0.3, 0.4) is 0 Å². The summed E-state index contributed by atoms with van der Waals surface area (Å²) in [6.45, 7) is 1.96. The molecule has 4 heteroatoms. The van der Waals surface area contributed by atoms with Crippen molar-refractivity contribution in [3.63, 3.8) is 0 Å². The number of aryl methyl sites for hydroxylation is 1. The molecule has 0 unspecified atom stereocenters. The summed E-state index contributed by atoms with van der Waals surface area (Å²) < 4.78 is 1.77. The van der Waals surface area contributed by atoms with Crippen LogP contribution in [0, 0.1) is 12.3 Å². The molecule has 2 aromatic heterocycles. The zero-order chi connectivity index (χ0) is 6.27. The average Bonchev–Trinajstić information content (AvgIpc) is 2.35. The van der Waals surface area contributed by atoms with Crippen molar-refractivity contribution < 1.29 is 0 Å². The summed E-state index contributed by atoms with van der Waals surface area (Å²) in [6, 6.07) is 0. The summed E-state index contributed by atoms with van der Waals surface area (Å²) in [4.78, 5) is 4.89. The lowest BCUT2D eigenvalue weighted by molar-refractivity contribution is 0.931. The van der Waals surface area contributed by atoms with E-state index in [4.69, 9.17) is 0 Å². The van der Waals surface area contributed by atoms with Gasteiger partial charge >= 0.3 is 0 Å². The Kier molecular flexibility index (Phi) is 0.843. The molecule has 9 heavy (non-hydrogen) atoms. The van der Waals surface area contributed by atoms with Gasteiger partial charge in [-0.15, -0.1) is 0 Å². The predicted octanol–water partition coefficient (Wildman–Crippen LogP) is 0.899. The van der Waals surface area contributed by atoms with E-state index in [0.29, 0.717) is 0 Å². The molecule has 0 aromatic carbocycles. The monoisotopic (exact) mass is 138 g/mol. The highest BCUT2D eigenvalue weighted by molar-refractivity contribution is 7.14. The first-order chi connectivity index (χ1) is 4.38. The molecule has 3 nitrogen and oxygen atoms in total. The smallest absolute Gasteiger partial charge is 0.208 e. The first kappa shape index (κ1) is 4.93. The quantitative estimate of drug-likeness (QED) is 0.541. The lowest BCUT2D eigenvalue weighted by Gasteiger charge is -1.79. The number of rotatable bonds is 0. The Morgan fingerprint density at radius 2 is 2.67 bits per heavy atom. The van der Waals surface area contributed by atoms with Crippen LogP contribution in [0.1, 0.15) is 5.69 Å². The second kappa shape index (κ2) is 1.54. The van der Waals surface area contributed by atoms with Gasteiger partial charge in [0.1, 0.15) is 6.33 Å². The zero-order valence-corrected chi connectivity index (χ0v) is 5.64. The summed E-state index contributed by atoms with van der Waals surface area (Å²) in [5.74, 6) is 0. The van der Waals surface area contributed by atoms with Crippen LogP contribution in [0.5, 0.6) is 0 Å². The van der Waals surface area contributed by atoms with Crippen LogP contribution in [-0.2, 0) is 0 Å². The normalized spacial score (nSPS) is 10.8. The Balaban J connectivity index is 2.99. The Morgan fingerprint density at radius 1 is 1.78 bits per heavy atom. The van der Waals surface area contributed by atoms with Crippen molar-refractivity contribution in [3.05, 3.63) is 17.4 Å². The summed E-state index contributed by atoms with van der Waals surface area (Å²) in [6.07, 6.45) is 1.55. The van der Waals surface area contributed by atoms with Gasteiger partial charge in [-0.1, -0.05) is 11.3 Å². The minimum Gasteiger partial charge on any atom is -0.208 e. The molecular weight excluding hydrogens is 134 g/mol. The van der Waals surface area contributed by atoms with E-state index in [1.54, 1.807) is 10.8 Å². The third-order valence-electron chi connectivity index (χ3n) is 1.12. The molecule has 0 aliphatic rings. The minimum atomic E-state index is 0.910. The fraction of sp³-hybridized carbons (Fsp3) is 0.200. The molecule has 2 heterocycles. The Bertz CT molecular complexity index is 321. The van der Waals surface area contributed by atoms with Crippen molar-refractivity contribution in [2.45, 2.75) is 6.92 Å². The number of aromatic nitrogens is 3. The van der Waals surface area contributed by atoms with E-state index in [0.717, 1.165) is 10.7 Å². The lowest BCUT2D eigenvalue weighted by Crippen LogP contribution is -1.83. The Labute approximate surface area is 56.0 Å². The maximum atomic E-state index is 3.98. The molecule has 45 valence electrons. The SMILES string of the molecule is Cc1[c]sc2ncnn12. The van der Waals surface area contributed by atoms with Crippen LogP contribution in [-0.4, -0.2) is 14.6 Å². The van der Waals surface area contributed by atoms with E-state index in [-0.39, 0.29) is 0 Å². The highest BCUT2D eigenvalue weighted by atomic mass is 32.1. The van der Waals surface area contributed by atoms with Crippen molar-refractivity contribution in [2.24, 2.45) is 0 Å². The standard InChI is InChI=1S/C5H4N3S/c1-4-2-9-5-6-3-7-8(4)5/h3H,1H3. The highest BCUT2D eigenvalue weighted by Crippen LogP contribution is 2.09. The topological polar surface area (TPSA) is 30.2 Å². The van der Waals surface area contributed by atoms with Crippen molar-refractivity contribution in [2.75, 3.05) is 0 Å². The largest absolute Gasteiger partial charge is 0.212 e. The van der Waals surface area contributed by atoms with Crippen molar-refractivity contribution in [3.8, 4) is 0 Å². The van der Waals surface area contributed by atoms with Crippen LogP contribution in [0.15, 0.2) is 6.33 Å². The third kappa shape index (κ3) is 0.564. The molecule has 2 aromatic rings. The van der Waals surface area contributed by atoms with E-state index < -0.39 is 0 Å². The molecule has 0 bridgehead atoms. The van der Waals surface area contributed by atoms with Crippen LogP contribution in [0.2, 0.25) is 0 Å². The minimum absolute atomic E-state index is 0.910. The van der Waals surface area contributed by atoms with Gasteiger partial charge in [-0.05, 0) is 6.92 Å². The predicted molar refractivity (Wildman–Crippen MR) is 34.4 cm³/mol. The maximum Gasteiger partial charge on any atom is 0.212 e. The van der Waals surface area contributed by atoms with Crippen LogP contribution < -0.4 is 0 Å². The van der Waals surface area contributed by atoms with Gasteiger partial charge in [-0.3, -0.25) is 0 Å². The number of hydrogen-bond donors (Lipinski definition) is 0. The molecule has 0 N–H and O–H groups in total. The Morgan fingerprint density at radius 3 is 3.44 bits per heavy atom. The van der Waals surface area contributed by atoms with Crippen molar-refractivity contribution >= 4 is 16.3 Å². The summed E-state index contributed by atoms with van der Waals surface area (Å²) in [5, 5.41) is 7.00. The molecule has 0 spiro atoms. The molecule has 2 rings (SSSR count). The number of hydrogen-bond acceptors (Lipinski definition) is 3. The first-order valence-electron chi connectivity index (χ1n) is 2.55. The highest BCUT2D eigenvalue weighted by Gasteiger charge is 1.98. The number of nitrogens with zero attached hydrogens (tertiary/aromatic N) is 3. The summed E-state index contributed by atoms with van der Waals surface area (Å²) in [5.41, 5.74) is 1.02. The van der Waals surface area contributed by atoms with Gasteiger partial charge in [0.05, 0.1) is 11.1 Å². The van der Waals surface area contributed by atoms with Crippen LogP contribution >= 0.6 is 11.3 Å². The van der Waals surface area contributed by atoms with Crippen molar-refractivity contribution in [1.82, 2.24) is 14.6 Å². The molecule has 0 aliphatic carbocycles. The molecule has 0 saturated carbocycles. The van der Waals surface area contributed by atoms with Gasteiger partial charge in [0, 0.05) is 0 Å². The Hall–Kier alpha value is -0.900. The fourth-order valence-corrected chi connectivity index (χ4v) is 1.39. The van der Waals surface area contributed by atoms with Gasteiger partial charge in [0.2, 0.25) is 4.96 Å². The van der Waals surface area contributed by atoms with Gasteiger partial charge in [-0.2, -0.15) is 5.10 Å². The van der Waals surface area contributed by atoms with E-state index >= 15 is 0 Å². The second-order valence-corrected chi connectivity index (χ2v) is 2.52. The van der Waals surface area contributed by atoms with E-state index in [1.807, 2.05) is 6.92 Å². The molecule has 0 aliphatic heterocycles. The molecular formula is C5H4N3S. The molecule has 0 atom stereocenters. The summed E-state index contributed by atoms with van der Waals surface area (Å²) >= 11 is 1.48. The zero-order valence-electron chi connectivity index (χ0n) is 4.83. The summed E-state index contributed by atoms with van der Waals surface area (Å²) in [7, 11) is 0. The van der Waals surface area contributed by atoms with Gasteiger partial charge in [0.25, 0.3) is 0 Å². The van der Waals surface area contributed by atoms with Crippen LogP contribution in [0.25, 0.3) is 4.96 Å². The van der Waals surface area contributed by atoms with Gasteiger partial charge in [-0.25, -0.2) is 9.50 Å². The fourth-order valence-electron chi connectivity index (χ4n) is 0.693. The van der Waals surface area contributed by atoms with E-state index in [2.05, 4.69) is 15.5 Å². The van der Waals surface area contributed by atoms with E-state index in [1.165, 1.54) is 11.3 Å². The lowest BCUT2D eigenvalue weighted by atomic mass is 10.6.